The number of aliphatic hydroxyl groups excluding tert-OH is 1. The van der Waals surface area contributed by atoms with E-state index in [0.29, 0.717) is 6.61 Å². The minimum absolute atomic E-state index is 0. The van der Waals surface area contributed by atoms with Gasteiger partial charge >= 0.3 is 0 Å². The number of aliphatic hydroxyl groups is 1. The summed E-state index contributed by atoms with van der Waals surface area (Å²) in [6, 6.07) is 0. The Balaban J connectivity index is 0.000000775. The van der Waals surface area contributed by atoms with Crippen LogP contribution in [0, 0.1) is 20.2 Å². The number of nitrogens with zero attached hydrogens (tertiary/aromatic N) is 4. The number of rotatable bonds is 3. The van der Waals surface area contributed by atoms with Crippen LogP contribution in [0.2, 0.25) is 0 Å². The molecule has 0 amide bonds. The summed E-state index contributed by atoms with van der Waals surface area (Å²) in [6.45, 7) is 4.51. The van der Waals surface area contributed by atoms with E-state index in [4.69, 9.17) is 14.6 Å². The van der Waals surface area contributed by atoms with E-state index in [2.05, 4.69) is 21.3 Å². The van der Waals surface area contributed by atoms with E-state index in [1.807, 2.05) is 18.4 Å². The Hall–Kier alpha value is -0.466. The van der Waals surface area contributed by atoms with Crippen LogP contribution in [0.25, 0.3) is 11.2 Å². The summed E-state index contributed by atoms with van der Waals surface area (Å²) in [7, 11) is 2.69. The average Bonchev–Trinajstić information content (AvgIpc) is 3.06. The van der Waals surface area contributed by atoms with Crippen LogP contribution in [-0.2, 0) is 42.2 Å². The first-order chi connectivity index (χ1) is 10.2. The molecule has 1 fully saturated rings. The number of methoxy groups -OCH3 is 1. The molecule has 1 N–H and O–H groups in total. The summed E-state index contributed by atoms with van der Waals surface area (Å²) in [6.07, 6.45) is 4.75. The molecule has 1 aliphatic rings. The minimum Gasteiger partial charge on any atom is -0.400 e. The smallest absolute Gasteiger partial charge is 0.126 e. The Bertz CT molecular complexity index is 605. The van der Waals surface area contributed by atoms with Gasteiger partial charge in [0.25, 0.3) is 0 Å². The van der Waals surface area contributed by atoms with E-state index in [0.717, 1.165) is 42.6 Å². The maximum Gasteiger partial charge on any atom is 0.126 e. The van der Waals surface area contributed by atoms with Crippen molar-refractivity contribution in [3.8, 4) is 0 Å². The third-order valence-electron chi connectivity index (χ3n) is 3.50. The van der Waals surface area contributed by atoms with Crippen molar-refractivity contribution in [2.75, 3.05) is 20.8 Å². The second kappa shape index (κ2) is 8.98. The van der Waals surface area contributed by atoms with E-state index in [-0.39, 0.29) is 45.0 Å². The van der Waals surface area contributed by atoms with Crippen molar-refractivity contribution in [2.24, 2.45) is 0 Å². The predicted octanol–water partition coefficient (Wildman–Crippen LogP) is 1.17. The number of fused-ring (bicyclic) bond motifs is 1. The molecule has 0 aliphatic carbocycles. The summed E-state index contributed by atoms with van der Waals surface area (Å²) in [5, 5.41) is 7.00. The molecule has 3 heterocycles. The Kier molecular flexibility index (Phi) is 7.99. The van der Waals surface area contributed by atoms with Crippen LogP contribution in [-0.4, -0.2) is 51.6 Å². The molecule has 1 aliphatic heterocycles. The van der Waals surface area contributed by atoms with Gasteiger partial charge in [0.05, 0.1) is 24.2 Å². The molecule has 1 radical (unpaired) electrons. The second-order valence-electron chi connectivity index (χ2n) is 4.86. The van der Waals surface area contributed by atoms with E-state index in [9.17, 15) is 0 Å². The summed E-state index contributed by atoms with van der Waals surface area (Å²) in [4.78, 5) is 12.8. The van der Waals surface area contributed by atoms with E-state index in [1.54, 1.807) is 7.11 Å². The number of hydrogen-bond acceptors (Lipinski definition) is 6. The molecule has 119 valence electrons. The largest absolute Gasteiger partial charge is 0.400 e. The van der Waals surface area contributed by atoms with Gasteiger partial charge in [0.2, 0.25) is 0 Å². The molecule has 2 aromatic heterocycles. The van der Waals surface area contributed by atoms with Crippen LogP contribution in [0.3, 0.4) is 0 Å². The predicted molar refractivity (Wildman–Crippen MR) is 76.8 cm³/mol. The molecule has 3 rings (SSSR count). The van der Waals surface area contributed by atoms with Gasteiger partial charge in [-0.05, 0) is 25.5 Å². The summed E-state index contributed by atoms with van der Waals surface area (Å²) < 4.78 is 13.2. The molecule has 0 spiro atoms. The van der Waals surface area contributed by atoms with Crippen LogP contribution < -0.4 is 0 Å². The topological polar surface area (TPSA) is 82.3 Å². The molecule has 0 aromatic carbocycles. The molecular formula is C14H21N4O3Y-. The van der Waals surface area contributed by atoms with Crippen molar-refractivity contribution < 1.29 is 47.3 Å². The standard InChI is InChI=1S/C13H17N4O2.CH4O.Y/c1-8-12-13(15-7-14-8)17(9(2)16-12)11-5-4-10(19-11)6-18-3;1-2;/h10-11H,4-6H2,1-3H3;2H,1H3;/q-1;;/t10-,11+;;/m0../s1. The van der Waals surface area contributed by atoms with E-state index < -0.39 is 0 Å². The fraction of sp³-hybridized carbons (Fsp3) is 0.643. The molecule has 22 heavy (non-hydrogen) atoms. The van der Waals surface area contributed by atoms with Gasteiger partial charge in [-0.3, -0.25) is 4.98 Å². The number of aromatic nitrogens is 4. The summed E-state index contributed by atoms with van der Waals surface area (Å²) in [5.74, 6) is 0.898. The second-order valence-corrected chi connectivity index (χ2v) is 4.86. The normalized spacial score (nSPS) is 20.4. The average molecular weight is 382 g/mol. The molecule has 0 saturated carbocycles. The summed E-state index contributed by atoms with van der Waals surface area (Å²) >= 11 is 0. The molecule has 2 atom stereocenters. The van der Waals surface area contributed by atoms with E-state index in [1.165, 1.54) is 0 Å². The Labute approximate surface area is 155 Å². The molecule has 8 heteroatoms. The van der Waals surface area contributed by atoms with Gasteiger partial charge < -0.3 is 29.1 Å². The Morgan fingerprint density at radius 2 is 2.05 bits per heavy atom. The van der Waals surface area contributed by atoms with Crippen molar-refractivity contribution in [2.45, 2.75) is 39.0 Å². The van der Waals surface area contributed by atoms with Gasteiger partial charge in [0.1, 0.15) is 6.23 Å². The monoisotopic (exact) mass is 382 g/mol. The maximum absolute atomic E-state index is 7.00. The maximum atomic E-state index is 7.00. The zero-order chi connectivity index (χ0) is 15.4. The van der Waals surface area contributed by atoms with Crippen LogP contribution >= 0.6 is 0 Å². The minimum atomic E-state index is -0.0205. The van der Waals surface area contributed by atoms with Gasteiger partial charge in [-0.25, -0.2) is 0 Å². The molecule has 0 unspecified atom stereocenters. The Morgan fingerprint density at radius 1 is 1.32 bits per heavy atom. The zero-order valence-electron chi connectivity index (χ0n) is 13.4. The Morgan fingerprint density at radius 3 is 2.73 bits per heavy atom. The van der Waals surface area contributed by atoms with Gasteiger partial charge in [0.15, 0.2) is 0 Å². The number of ether oxygens (including phenoxy) is 2. The van der Waals surface area contributed by atoms with Gasteiger partial charge in [0, 0.05) is 58.8 Å². The van der Waals surface area contributed by atoms with Crippen LogP contribution in [0.15, 0.2) is 0 Å². The number of imidazole rings is 1. The molecular weight excluding hydrogens is 361 g/mol. The third-order valence-corrected chi connectivity index (χ3v) is 3.50. The fourth-order valence-corrected chi connectivity index (χ4v) is 2.61. The zero-order valence-corrected chi connectivity index (χ0v) is 16.2. The molecule has 1 saturated heterocycles. The van der Waals surface area contributed by atoms with Gasteiger partial charge in [-0.15, -0.1) is 0 Å². The van der Waals surface area contributed by atoms with Gasteiger partial charge in [-0.1, -0.05) is 6.92 Å². The first-order valence-corrected chi connectivity index (χ1v) is 6.89. The first kappa shape index (κ1) is 19.6. The van der Waals surface area contributed by atoms with Crippen molar-refractivity contribution in [3.05, 3.63) is 17.8 Å². The molecule has 2 aromatic rings. The third kappa shape index (κ3) is 3.89. The number of hydrogen-bond donors (Lipinski definition) is 1. The fourth-order valence-electron chi connectivity index (χ4n) is 2.61. The number of aryl methyl sites for hydroxylation is 2. The first-order valence-electron chi connectivity index (χ1n) is 6.89. The van der Waals surface area contributed by atoms with Crippen molar-refractivity contribution in [3.63, 3.8) is 0 Å². The van der Waals surface area contributed by atoms with Crippen molar-refractivity contribution >= 4 is 11.2 Å². The quantitative estimate of drug-likeness (QED) is 0.803. The van der Waals surface area contributed by atoms with Crippen LogP contribution in [0.5, 0.6) is 0 Å². The summed E-state index contributed by atoms with van der Waals surface area (Å²) in [5.41, 5.74) is 2.47. The van der Waals surface area contributed by atoms with Crippen LogP contribution in [0.1, 0.15) is 30.6 Å². The van der Waals surface area contributed by atoms with Crippen molar-refractivity contribution in [1.82, 2.24) is 19.5 Å². The van der Waals surface area contributed by atoms with Crippen LogP contribution in [0.4, 0.5) is 0 Å². The SMILES string of the molecule is CO.COC[C@@H]1CC[C@H](n2c(C)nc3c(C)n[c-]nc32)O1.[Y]. The van der Waals surface area contributed by atoms with Gasteiger partial charge in [-0.2, -0.15) is 0 Å². The van der Waals surface area contributed by atoms with Crippen molar-refractivity contribution in [1.29, 1.82) is 0 Å². The van der Waals surface area contributed by atoms with E-state index >= 15 is 0 Å². The molecule has 0 bridgehead atoms. The molecule has 7 nitrogen and oxygen atoms in total.